The van der Waals surface area contributed by atoms with E-state index in [2.05, 4.69) is 10.2 Å². The summed E-state index contributed by atoms with van der Waals surface area (Å²) in [6.45, 7) is 3.31. The first-order valence-electron chi connectivity index (χ1n) is 9.33. The lowest BCUT2D eigenvalue weighted by Gasteiger charge is -2.37. The van der Waals surface area contributed by atoms with Crippen LogP contribution in [0.5, 0.6) is 0 Å². The summed E-state index contributed by atoms with van der Waals surface area (Å²) in [6.07, 6.45) is 2.19. The average molecular weight is 399 g/mol. The molecule has 0 radical (unpaired) electrons. The van der Waals surface area contributed by atoms with Gasteiger partial charge in [-0.15, -0.1) is 0 Å². The highest BCUT2D eigenvalue weighted by molar-refractivity contribution is 7.89. The van der Waals surface area contributed by atoms with Gasteiger partial charge < -0.3 is 10.2 Å². The molecule has 3 rings (SSSR count). The second-order valence-electron chi connectivity index (χ2n) is 7.11. The Morgan fingerprint density at radius 1 is 1.22 bits per heavy atom. The van der Waals surface area contributed by atoms with Crippen molar-refractivity contribution < 1.29 is 17.6 Å². The van der Waals surface area contributed by atoms with E-state index in [9.17, 15) is 17.6 Å². The Balaban J connectivity index is 1.54. The number of likely N-dealkylation sites (tertiary alicyclic amines) is 1. The first-order chi connectivity index (χ1) is 12.9. The highest BCUT2D eigenvalue weighted by Gasteiger charge is 2.31. The molecule has 150 valence electrons. The van der Waals surface area contributed by atoms with Crippen LogP contribution in [-0.4, -0.2) is 87.3 Å². The first kappa shape index (κ1) is 20.2. The van der Waals surface area contributed by atoms with Crippen LogP contribution in [0, 0.1) is 5.82 Å². The van der Waals surface area contributed by atoms with Crippen molar-refractivity contribution in [2.45, 2.75) is 23.8 Å². The molecule has 2 aliphatic heterocycles. The molecule has 1 unspecified atom stereocenters. The van der Waals surface area contributed by atoms with E-state index < -0.39 is 15.8 Å². The molecule has 1 aromatic rings. The fraction of sp³-hybridized carbons (Fsp3) is 0.611. The summed E-state index contributed by atoms with van der Waals surface area (Å²) >= 11 is 0. The van der Waals surface area contributed by atoms with E-state index in [4.69, 9.17) is 0 Å². The Morgan fingerprint density at radius 2 is 1.96 bits per heavy atom. The van der Waals surface area contributed by atoms with Gasteiger partial charge in [0.15, 0.2) is 0 Å². The number of amides is 1. The number of nitrogens with zero attached hydrogens (tertiary/aromatic N) is 3. The number of likely N-dealkylation sites (N-methyl/N-ethyl adjacent to an activating group) is 1. The maximum atomic E-state index is 13.4. The van der Waals surface area contributed by atoms with Gasteiger partial charge in [0, 0.05) is 38.8 Å². The SMILES string of the molecule is CNC1CCCN(CC(=O)N2CCN(S(=O)(=O)c3cccc(F)c3)CC2)C1. The zero-order valence-corrected chi connectivity index (χ0v) is 16.4. The van der Waals surface area contributed by atoms with Crippen molar-refractivity contribution in [1.82, 2.24) is 19.4 Å². The molecular formula is C18H27FN4O3S. The van der Waals surface area contributed by atoms with Gasteiger partial charge in [-0.3, -0.25) is 9.69 Å². The molecule has 1 atom stereocenters. The van der Waals surface area contributed by atoms with Crippen molar-refractivity contribution in [1.29, 1.82) is 0 Å². The minimum atomic E-state index is -3.73. The average Bonchev–Trinajstić information content (AvgIpc) is 2.68. The van der Waals surface area contributed by atoms with Crippen LogP contribution >= 0.6 is 0 Å². The van der Waals surface area contributed by atoms with Crippen molar-refractivity contribution >= 4 is 15.9 Å². The number of carbonyl (C=O) groups is 1. The summed E-state index contributed by atoms with van der Waals surface area (Å²) in [5, 5.41) is 3.26. The van der Waals surface area contributed by atoms with Crippen LogP contribution in [0.15, 0.2) is 29.2 Å². The first-order valence-corrected chi connectivity index (χ1v) is 10.8. The van der Waals surface area contributed by atoms with Crippen molar-refractivity contribution in [3.05, 3.63) is 30.1 Å². The monoisotopic (exact) mass is 398 g/mol. The largest absolute Gasteiger partial charge is 0.339 e. The van der Waals surface area contributed by atoms with E-state index in [1.807, 2.05) is 7.05 Å². The van der Waals surface area contributed by atoms with Crippen molar-refractivity contribution in [2.75, 3.05) is 52.9 Å². The van der Waals surface area contributed by atoms with Gasteiger partial charge in [0.25, 0.3) is 0 Å². The number of piperidine rings is 1. The van der Waals surface area contributed by atoms with Gasteiger partial charge >= 0.3 is 0 Å². The third-order valence-electron chi connectivity index (χ3n) is 5.30. The standard InChI is InChI=1S/C18H27FN4O3S/c1-20-16-5-3-7-21(13-16)14-18(24)22-8-10-23(11-9-22)27(25,26)17-6-2-4-15(19)12-17/h2,4,6,12,16,20H,3,5,7-11,13-14H2,1H3. The second-order valence-corrected chi connectivity index (χ2v) is 9.04. The summed E-state index contributed by atoms with van der Waals surface area (Å²) in [7, 11) is -1.80. The lowest BCUT2D eigenvalue weighted by Crippen LogP contribution is -2.54. The molecule has 2 fully saturated rings. The maximum Gasteiger partial charge on any atom is 0.243 e. The number of hydrogen-bond acceptors (Lipinski definition) is 5. The number of piperazine rings is 1. The number of halogens is 1. The number of nitrogens with one attached hydrogen (secondary N) is 1. The van der Waals surface area contributed by atoms with Crippen LogP contribution in [0.4, 0.5) is 4.39 Å². The molecule has 1 amide bonds. The highest BCUT2D eigenvalue weighted by Crippen LogP contribution is 2.19. The lowest BCUT2D eigenvalue weighted by molar-refractivity contribution is -0.133. The third kappa shape index (κ3) is 4.84. The van der Waals surface area contributed by atoms with Crippen LogP contribution in [-0.2, 0) is 14.8 Å². The van der Waals surface area contributed by atoms with Crippen LogP contribution in [0.1, 0.15) is 12.8 Å². The Kier molecular flexibility index (Phi) is 6.46. The zero-order chi connectivity index (χ0) is 19.4. The Labute approximate surface area is 160 Å². The van der Waals surface area contributed by atoms with Crippen molar-refractivity contribution in [3.63, 3.8) is 0 Å². The van der Waals surface area contributed by atoms with Crippen LogP contribution < -0.4 is 5.32 Å². The van der Waals surface area contributed by atoms with Gasteiger partial charge in [0.05, 0.1) is 11.4 Å². The summed E-state index contributed by atoms with van der Waals surface area (Å²) in [6, 6.07) is 5.44. The molecule has 0 bridgehead atoms. The summed E-state index contributed by atoms with van der Waals surface area (Å²) in [5.41, 5.74) is 0. The summed E-state index contributed by atoms with van der Waals surface area (Å²) < 4.78 is 40.0. The number of carbonyl (C=O) groups excluding carboxylic acids is 1. The summed E-state index contributed by atoms with van der Waals surface area (Å²) in [4.78, 5) is 16.4. The summed E-state index contributed by atoms with van der Waals surface area (Å²) in [5.74, 6) is -0.541. The van der Waals surface area contributed by atoms with E-state index >= 15 is 0 Å². The lowest BCUT2D eigenvalue weighted by atomic mass is 10.1. The molecule has 2 aliphatic rings. The second kappa shape index (κ2) is 8.64. The van der Waals surface area contributed by atoms with E-state index in [0.29, 0.717) is 25.7 Å². The van der Waals surface area contributed by atoms with Gasteiger partial charge in [0.1, 0.15) is 5.82 Å². The number of sulfonamides is 1. The van der Waals surface area contributed by atoms with E-state index in [-0.39, 0.29) is 23.9 Å². The van der Waals surface area contributed by atoms with Gasteiger partial charge in [-0.05, 0) is 44.6 Å². The minimum absolute atomic E-state index is 0.0366. The molecule has 0 saturated carbocycles. The molecule has 9 heteroatoms. The maximum absolute atomic E-state index is 13.4. The van der Waals surface area contributed by atoms with Crippen molar-refractivity contribution in [3.8, 4) is 0 Å². The Morgan fingerprint density at radius 3 is 2.63 bits per heavy atom. The fourth-order valence-electron chi connectivity index (χ4n) is 3.68. The van der Waals surface area contributed by atoms with Gasteiger partial charge in [0.2, 0.25) is 15.9 Å². The molecule has 0 aromatic heterocycles. The molecule has 7 nitrogen and oxygen atoms in total. The predicted molar refractivity (Wildman–Crippen MR) is 100 cm³/mol. The minimum Gasteiger partial charge on any atom is -0.339 e. The Hall–Kier alpha value is -1.55. The predicted octanol–water partition coefficient (Wildman–Crippen LogP) is 0.342. The topological polar surface area (TPSA) is 73.0 Å². The van der Waals surface area contributed by atoms with Gasteiger partial charge in [-0.1, -0.05) is 6.07 Å². The molecular weight excluding hydrogens is 371 g/mol. The van der Waals surface area contributed by atoms with Gasteiger partial charge in [-0.2, -0.15) is 4.31 Å². The molecule has 0 aliphatic carbocycles. The van der Waals surface area contributed by atoms with Crippen LogP contribution in [0.2, 0.25) is 0 Å². The van der Waals surface area contributed by atoms with E-state index in [1.165, 1.54) is 22.5 Å². The van der Waals surface area contributed by atoms with E-state index in [0.717, 1.165) is 32.0 Å². The van der Waals surface area contributed by atoms with Crippen molar-refractivity contribution in [2.24, 2.45) is 0 Å². The molecule has 27 heavy (non-hydrogen) atoms. The van der Waals surface area contributed by atoms with Gasteiger partial charge in [-0.25, -0.2) is 12.8 Å². The van der Waals surface area contributed by atoms with Crippen LogP contribution in [0.25, 0.3) is 0 Å². The molecule has 1 N–H and O–H groups in total. The molecule has 0 spiro atoms. The van der Waals surface area contributed by atoms with E-state index in [1.54, 1.807) is 4.90 Å². The fourth-order valence-corrected chi connectivity index (χ4v) is 5.13. The smallest absolute Gasteiger partial charge is 0.243 e. The zero-order valence-electron chi connectivity index (χ0n) is 15.6. The molecule has 2 heterocycles. The number of benzene rings is 1. The normalized spacial score (nSPS) is 22.7. The highest BCUT2D eigenvalue weighted by atomic mass is 32.2. The number of hydrogen-bond donors (Lipinski definition) is 1. The quantitative estimate of drug-likeness (QED) is 0.775. The molecule has 2 saturated heterocycles. The van der Waals surface area contributed by atoms with Crippen LogP contribution in [0.3, 0.4) is 0 Å². The number of rotatable bonds is 5. The third-order valence-corrected chi connectivity index (χ3v) is 7.19. The molecule has 1 aromatic carbocycles. The Bertz CT molecular complexity index is 766.